The molecule has 0 heterocycles. The van der Waals surface area contributed by atoms with Crippen LogP contribution in [-0.4, -0.2) is 12.6 Å². The minimum absolute atomic E-state index is 0.222. The van der Waals surface area contributed by atoms with E-state index in [-0.39, 0.29) is 5.97 Å². The van der Waals surface area contributed by atoms with Gasteiger partial charge in [-0.05, 0) is 43.7 Å². The van der Waals surface area contributed by atoms with Crippen LogP contribution in [0.4, 0.5) is 0 Å². The van der Waals surface area contributed by atoms with Crippen LogP contribution in [0.1, 0.15) is 50.7 Å². The van der Waals surface area contributed by atoms with Crippen molar-refractivity contribution in [3.63, 3.8) is 0 Å². The third-order valence-corrected chi connectivity index (χ3v) is 3.24. The molecular formula is C17H24O2. The molecule has 19 heavy (non-hydrogen) atoms. The first-order valence-corrected chi connectivity index (χ1v) is 6.84. The third-order valence-electron chi connectivity index (χ3n) is 3.24. The van der Waals surface area contributed by atoms with Crippen LogP contribution in [0.3, 0.4) is 0 Å². The summed E-state index contributed by atoms with van der Waals surface area (Å²) in [5.74, 6) is 0.333. The Morgan fingerprint density at radius 2 is 1.89 bits per heavy atom. The standard InChI is InChI=1S/C17H24O2/c1-13-8-10-17(11-9-13)15(3)7-5-6-14(2)12-19-16(4)18/h6,8-11,15H,5,7,12H2,1-4H3/b14-6-/t15-/m1/s1. The van der Waals surface area contributed by atoms with Crippen LogP contribution in [0.2, 0.25) is 0 Å². The predicted molar refractivity (Wildman–Crippen MR) is 79.2 cm³/mol. The fraction of sp³-hybridized carbons (Fsp3) is 0.471. The molecule has 1 atom stereocenters. The van der Waals surface area contributed by atoms with Crippen molar-refractivity contribution in [1.29, 1.82) is 0 Å². The molecule has 0 amide bonds. The molecule has 2 heteroatoms. The molecular weight excluding hydrogens is 236 g/mol. The second-order valence-electron chi connectivity index (χ2n) is 5.22. The van der Waals surface area contributed by atoms with Crippen molar-refractivity contribution < 1.29 is 9.53 Å². The van der Waals surface area contributed by atoms with Crippen LogP contribution in [0.15, 0.2) is 35.9 Å². The number of allylic oxidation sites excluding steroid dienone is 1. The Morgan fingerprint density at radius 1 is 1.26 bits per heavy atom. The van der Waals surface area contributed by atoms with E-state index in [9.17, 15) is 4.79 Å². The first kappa shape index (κ1) is 15.5. The maximum atomic E-state index is 10.7. The summed E-state index contributed by atoms with van der Waals surface area (Å²) in [6, 6.07) is 8.73. The van der Waals surface area contributed by atoms with Gasteiger partial charge in [-0.15, -0.1) is 0 Å². The van der Waals surface area contributed by atoms with Gasteiger partial charge < -0.3 is 4.74 Å². The molecule has 0 aromatic heterocycles. The molecule has 1 aromatic rings. The van der Waals surface area contributed by atoms with Gasteiger partial charge in [0.25, 0.3) is 0 Å². The number of aryl methyl sites for hydroxylation is 1. The van der Waals surface area contributed by atoms with Crippen molar-refractivity contribution in [2.75, 3.05) is 6.61 Å². The molecule has 1 rings (SSSR count). The van der Waals surface area contributed by atoms with Crippen LogP contribution in [0, 0.1) is 6.92 Å². The SMILES string of the molecule is CC(=O)OC/C(C)=C\CC[C@@H](C)c1ccc(C)cc1. The lowest BCUT2D eigenvalue weighted by Gasteiger charge is -2.11. The van der Waals surface area contributed by atoms with Crippen molar-refractivity contribution >= 4 is 5.97 Å². The van der Waals surface area contributed by atoms with Crippen LogP contribution in [0.5, 0.6) is 0 Å². The number of carbonyl (C=O) groups excluding carboxylic acids is 1. The Balaban J connectivity index is 2.37. The molecule has 0 bridgehead atoms. The van der Waals surface area contributed by atoms with E-state index in [2.05, 4.69) is 44.2 Å². The topological polar surface area (TPSA) is 26.3 Å². The number of esters is 1. The fourth-order valence-electron chi connectivity index (χ4n) is 1.92. The molecule has 0 aliphatic heterocycles. The lowest BCUT2D eigenvalue weighted by Crippen LogP contribution is -2.01. The smallest absolute Gasteiger partial charge is 0.302 e. The molecule has 0 N–H and O–H groups in total. The summed E-state index contributed by atoms with van der Waals surface area (Å²) < 4.78 is 4.95. The van der Waals surface area contributed by atoms with Gasteiger partial charge in [0.15, 0.2) is 0 Å². The summed E-state index contributed by atoms with van der Waals surface area (Å²) in [6.45, 7) is 8.20. The van der Waals surface area contributed by atoms with Gasteiger partial charge in [-0.25, -0.2) is 0 Å². The average Bonchev–Trinajstić information content (AvgIpc) is 2.37. The zero-order valence-electron chi connectivity index (χ0n) is 12.4. The lowest BCUT2D eigenvalue weighted by atomic mass is 9.95. The molecule has 0 fully saturated rings. The number of hydrogen-bond acceptors (Lipinski definition) is 2. The van der Waals surface area contributed by atoms with Gasteiger partial charge in [0.05, 0.1) is 0 Å². The summed E-state index contributed by atoms with van der Waals surface area (Å²) >= 11 is 0. The Labute approximate surface area is 116 Å². The summed E-state index contributed by atoms with van der Waals surface area (Å²) in [7, 11) is 0. The molecule has 0 unspecified atom stereocenters. The quantitative estimate of drug-likeness (QED) is 0.560. The van der Waals surface area contributed by atoms with Gasteiger partial charge in [-0.1, -0.05) is 42.8 Å². The van der Waals surface area contributed by atoms with Crippen molar-refractivity contribution in [2.45, 2.75) is 46.5 Å². The molecule has 0 saturated carbocycles. The van der Waals surface area contributed by atoms with Gasteiger partial charge in [-0.2, -0.15) is 0 Å². The van der Waals surface area contributed by atoms with Gasteiger partial charge in [0.1, 0.15) is 6.61 Å². The lowest BCUT2D eigenvalue weighted by molar-refractivity contribution is -0.139. The van der Waals surface area contributed by atoms with E-state index in [0.717, 1.165) is 18.4 Å². The van der Waals surface area contributed by atoms with Crippen molar-refractivity contribution in [2.24, 2.45) is 0 Å². The van der Waals surface area contributed by atoms with Crippen molar-refractivity contribution in [3.8, 4) is 0 Å². The zero-order valence-corrected chi connectivity index (χ0v) is 12.4. The monoisotopic (exact) mass is 260 g/mol. The van der Waals surface area contributed by atoms with E-state index in [1.807, 2.05) is 6.92 Å². The van der Waals surface area contributed by atoms with Crippen LogP contribution >= 0.6 is 0 Å². The molecule has 0 aliphatic rings. The zero-order chi connectivity index (χ0) is 14.3. The van der Waals surface area contributed by atoms with Crippen LogP contribution in [-0.2, 0) is 9.53 Å². The summed E-state index contributed by atoms with van der Waals surface area (Å²) in [5.41, 5.74) is 3.80. The highest BCUT2D eigenvalue weighted by Gasteiger charge is 2.04. The molecule has 0 radical (unpaired) electrons. The second kappa shape index (κ2) is 7.78. The van der Waals surface area contributed by atoms with E-state index < -0.39 is 0 Å². The van der Waals surface area contributed by atoms with E-state index in [0.29, 0.717) is 12.5 Å². The Hall–Kier alpha value is -1.57. The molecule has 0 aliphatic carbocycles. The Kier molecular flexibility index (Phi) is 6.34. The molecule has 0 spiro atoms. The van der Waals surface area contributed by atoms with Gasteiger partial charge in [0.2, 0.25) is 0 Å². The van der Waals surface area contributed by atoms with Crippen LogP contribution in [0.25, 0.3) is 0 Å². The van der Waals surface area contributed by atoms with E-state index >= 15 is 0 Å². The minimum Gasteiger partial charge on any atom is -0.461 e. The molecule has 2 nitrogen and oxygen atoms in total. The maximum absolute atomic E-state index is 10.7. The maximum Gasteiger partial charge on any atom is 0.302 e. The fourth-order valence-corrected chi connectivity index (χ4v) is 1.92. The number of carbonyl (C=O) groups is 1. The van der Waals surface area contributed by atoms with Gasteiger partial charge in [0, 0.05) is 6.92 Å². The number of benzene rings is 1. The molecule has 104 valence electrons. The first-order chi connectivity index (χ1) is 8.99. The van der Waals surface area contributed by atoms with Crippen molar-refractivity contribution in [3.05, 3.63) is 47.0 Å². The van der Waals surface area contributed by atoms with Gasteiger partial charge >= 0.3 is 5.97 Å². The van der Waals surface area contributed by atoms with E-state index in [4.69, 9.17) is 4.74 Å². The highest BCUT2D eigenvalue weighted by molar-refractivity contribution is 5.66. The third kappa shape index (κ3) is 6.23. The molecule has 0 saturated heterocycles. The highest BCUT2D eigenvalue weighted by Crippen LogP contribution is 2.21. The van der Waals surface area contributed by atoms with Crippen LogP contribution < -0.4 is 0 Å². The number of ether oxygens (including phenoxy) is 1. The van der Waals surface area contributed by atoms with E-state index in [1.54, 1.807) is 0 Å². The average molecular weight is 260 g/mol. The first-order valence-electron chi connectivity index (χ1n) is 6.84. The second-order valence-corrected chi connectivity index (χ2v) is 5.22. The van der Waals surface area contributed by atoms with Gasteiger partial charge in [-0.3, -0.25) is 4.79 Å². The minimum atomic E-state index is -0.222. The summed E-state index contributed by atoms with van der Waals surface area (Å²) in [4.78, 5) is 10.7. The summed E-state index contributed by atoms with van der Waals surface area (Å²) in [6.07, 6.45) is 4.29. The molecule has 1 aromatic carbocycles. The Morgan fingerprint density at radius 3 is 2.47 bits per heavy atom. The number of hydrogen-bond donors (Lipinski definition) is 0. The number of rotatable bonds is 6. The predicted octanol–water partition coefficient (Wildman–Crippen LogP) is 4.39. The highest BCUT2D eigenvalue weighted by atomic mass is 16.5. The Bertz CT molecular complexity index is 429. The summed E-state index contributed by atoms with van der Waals surface area (Å²) in [5, 5.41) is 0. The van der Waals surface area contributed by atoms with E-state index in [1.165, 1.54) is 18.1 Å². The van der Waals surface area contributed by atoms with Crippen molar-refractivity contribution in [1.82, 2.24) is 0 Å². The largest absolute Gasteiger partial charge is 0.461 e. The normalized spacial score (nSPS) is 13.2.